The van der Waals surface area contributed by atoms with Crippen molar-refractivity contribution in [3.05, 3.63) is 64.1 Å². The molecule has 8 rings (SSSR count). The van der Waals surface area contributed by atoms with Crippen molar-refractivity contribution >= 4 is 23.6 Å². The Morgan fingerprint density at radius 3 is 2.48 bits per heavy atom. The fourth-order valence-corrected chi connectivity index (χ4v) is 9.46. The zero-order valence-electron chi connectivity index (χ0n) is 28.8. The Morgan fingerprint density at radius 1 is 0.920 bits per heavy atom. The second kappa shape index (κ2) is 13.3. The number of nitrogens with two attached hydrogens (primary N) is 1. The van der Waals surface area contributed by atoms with Crippen LogP contribution in [-0.2, 0) is 25.7 Å². The Kier molecular flexibility index (Phi) is 8.81. The Bertz CT molecular complexity index is 1720. The summed E-state index contributed by atoms with van der Waals surface area (Å²) in [7, 11) is 0. The van der Waals surface area contributed by atoms with Gasteiger partial charge in [-0.3, -0.25) is 29.3 Å². The minimum atomic E-state index is -0.500. The standard InChI is InChI=1S/C39H49N5O6/c40-32-20-27-18-26(27)19-29-6-10-33(44(29)37(32)48)38(49)43-23-28(22-39(43)13-14-39)25-12-16-42(35(46)21-25)15-2-1-3-17-50-30-7-4-24(5-8-30)31-9-11-34(45)41-36(31)47/h4-5,7-8,12,16,21,26-29,31-33H,1-3,6,9-11,13-15,17-20,22-23,40H2,(H,41,45,47)/t26-,27+,28+,29-,31?,32+,33+/m1/s1. The zero-order chi connectivity index (χ0) is 34.6. The van der Waals surface area contributed by atoms with Gasteiger partial charge in [0.15, 0.2) is 0 Å². The molecule has 4 saturated heterocycles. The molecule has 4 aliphatic heterocycles. The number of hydrogen-bond donors (Lipinski definition) is 2. The van der Waals surface area contributed by atoms with E-state index in [1.165, 1.54) is 6.42 Å². The number of hydrogen-bond acceptors (Lipinski definition) is 7. The number of pyridine rings is 1. The third-order valence-corrected chi connectivity index (χ3v) is 12.6. The van der Waals surface area contributed by atoms with Crippen molar-refractivity contribution in [1.82, 2.24) is 19.7 Å². The van der Waals surface area contributed by atoms with Crippen molar-refractivity contribution in [2.75, 3.05) is 13.2 Å². The van der Waals surface area contributed by atoms with Crippen LogP contribution in [0.1, 0.15) is 106 Å². The van der Waals surface area contributed by atoms with Gasteiger partial charge in [-0.15, -0.1) is 0 Å². The first-order valence-corrected chi connectivity index (χ1v) is 18.9. The highest BCUT2D eigenvalue weighted by molar-refractivity contribution is 6.01. The fraction of sp³-hybridized carbons (Fsp3) is 0.615. The number of likely N-dealkylation sites (tertiary alicyclic amines) is 1. The predicted octanol–water partition coefficient (Wildman–Crippen LogP) is 3.58. The van der Waals surface area contributed by atoms with Gasteiger partial charge in [0.2, 0.25) is 23.6 Å². The van der Waals surface area contributed by atoms with Gasteiger partial charge in [0, 0.05) is 49.3 Å². The highest BCUT2D eigenvalue weighted by Gasteiger charge is 2.59. The van der Waals surface area contributed by atoms with E-state index in [-0.39, 0.29) is 52.6 Å². The van der Waals surface area contributed by atoms with Crippen LogP contribution in [-0.4, -0.2) is 74.8 Å². The van der Waals surface area contributed by atoms with Crippen LogP contribution in [0, 0.1) is 11.8 Å². The molecule has 7 atom stereocenters. The topological polar surface area (TPSA) is 144 Å². The van der Waals surface area contributed by atoms with Gasteiger partial charge in [-0.25, -0.2) is 0 Å². The molecule has 0 radical (unpaired) electrons. The molecule has 1 unspecified atom stereocenters. The maximum Gasteiger partial charge on any atom is 0.250 e. The van der Waals surface area contributed by atoms with E-state index in [0.29, 0.717) is 44.4 Å². The van der Waals surface area contributed by atoms with Crippen LogP contribution in [0.5, 0.6) is 5.75 Å². The van der Waals surface area contributed by atoms with Gasteiger partial charge < -0.3 is 24.8 Å². The molecule has 5 heterocycles. The van der Waals surface area contributed by atoms with Crippen molar-refractivity contribution in [2.24, 2.45) is 17.6 Å². The van der Waals surface area contributed by atoms with Gasteiger partial charge in [0.1, 0.15) is 11.8 Å². The van der Waals surface area contributed by atoms with Crippen LogP contribution in [0.2, 0.25) is 0 Å². The van der Waals surface area contributed by atoms with Crippen molar-refractivity contribution in [3.8, 4) is 5.75 Å². The summed E-state index contributed by atoms with van der Waals surface area (Å²) in [6.45, 7) is 1.79. The van der Waals surface area contributed by atoms with E-state index in [1.807, 2.05) is 35.4 Å². The van der Waals surface area contributed by atoms with E-state index in [1.54, 1.807) is 10.6 Å². The molecule has 1 spiro atoms. The normalized spacial score (nSPS) is 31.1. The van der Waals surface area contributed by atoms with Crippen LogP contribution >= 0.6 is 0 Å². The summed E-state index contributed by atoms with van der Waals surface area (Å²) in [5.74, 6) is 1.39. The zero-order valence-corrected chi connectivity index (χ0v) is 28.8. The molecule has 11 nitrogen and oxygen atoms in total. The maximum absolute atomic E-state index is 14.2. The van der Waals surface area contributed by atoms with Gasteiger partial charge in [-0.2, -0.15) is 0 Å². The third-order valence-electron chi connectivity index (χ3n) is 12.6. The minimum absolute atomic E-state index is 0.0123. The summed E-state index contributed by atoms with van der Waals surface area (Å²) in [5, 5.41) is 2.40. The van der Waals surface area contributed by atoms with E-state index < -0.39 is 12.1 Å². The average Bonchev–Trinajstić information content (AvgIpc) is 3.94. The average molecular weight is 684 g/mol. The van der Waals surface area contributed by atoms with Crippen molar-refractivity contribution < 1.29 is 23.9 Å². The number of rotatable bonds is 10. The third kappa shape index (κ3) is 6.49. The molecule has 6 aliphatic rings. The smallest absolute Gasteiger partial charge is 0.250 e. The summed E-state index contributed by atoms with van der Waals surface area (Å²) >= 11 is 0. The molecule has 0 bridgehead atoms. The van der Waals surface area contributed by atoms with E-state index in [0.717, 1.165) is 81.1 Å². The summed E-state index contributed by atoms with van der Waals surface area (Å²) in [6.07, 6.45) is 12.8. The van der Waals surface area contributed by atoms with Crippen LogP contribution in [0.3, 0.4) is 0 Å². The van der Waals surface area contributed by atoms with Crippen molar-refractivity contribution in [2.45, 2.75) is 126 Å². The number of benzene rings is 1. The van der Waals surface area contributed by atoms with Crippen molar-refractivity contribution in [1.29, 1.82) is 0 Å². The lowest BCUT2D eigenvalue weighted by atomic mass is 9.90. The number of aromatic nitrogens is 1. The Balaban J connectivity index is 0.809. The Labute approximate surface area is 292 Å². The summed E-state index contributed by atoms with van der Waals surface area (Å²) < 4.78 is 7.66. The molecule has 2 saturated carbocycles. The van der Waals surface area contributed by atoms with Crippen LogP contribution in [0.25, 0.3) is 0 Å². The van der Waals surface area contributed by atoms with E-state index >= 15 is 0 Å². The molecule has 1 aromatic carbocycles. The lowest BCUT2D eigenvalue weighted by Gasteiger charge is -2.36. The van der Waals surface area contributed by atoms with Gasteiger partial charge in [0.05, 0.1) is 18.6 Å². The lowest BCUT2D eigenvalue weighted by molar-refractivity contribution is -0.147. The quantitative estimate of drug-likeness (QED) is 0.288. The number of piperidine rings is 1. The number of imide groups is 1. The van der Waals surface area contributed by atoms with Crippen LogP contribution in [0.4, 0.5) is 0 Å². The highest BCUT2D eigenvalue weighted by atomic mass is 16.5. The van der Waals surface area contributed by atoms with Gasteiger partial charge in [-0.05, 0) is 118 Å². The number of unbranched alkanes of at least 4 members (excludes halogenated alkanes) is 2. The summed E-state index contributed by atoms with van der Waals surface area (Å²) in [5.41, 5.74) is 8.09. The molecule has 2 aromatic rings. The number of amides is 4. The van der Waals surface area contributed by atoms with Crippen LogP contribution in [0.15, 0.2) is 47.4 Å². The molecule has 1 aromatic heterocycles. The predicted molar refractivity (Wildman–Crippen MR) is 185 cm³/mol. The summed E-state index contributed by atoms with van der Waals surface area (Å²) in [4.78, 5) is 68.3. The molecule has 6 fully saturated rings. The second-order valence-corrected chi connectivity index (χ2v) is 15.9. The first-order valence-electron chi connectivity index (χ1n) is 18.9. The number of fused-ring (bicyclic) bond motifs is 2. The van der Waals surface area contributed by atoms with E-state index in [4.69, 9.17) is 10.5 Å². The number of carbonyl (C=O) groups excluding carboxylic acids is 4. The minimum Gasteiger partial charge on any atom is -0.494 e. The SMILES string of the molecule is N[C@H]1C[C@@H]2C[C@@H]2C[C@H]2CC[C@@H](C(=O)N3C[C@@H](c4ccn(CCCCCOc5ccc(C6CCC(=O)NC6=O)cc5)c(=O)c4)CC34CC4)N2C1=O. The molecule has 3 N–H and O–H groups in total. The van der Waals surface area contributed by atoms with Gasteiger partial charge in [0.25, 0.3) is 5.56 Å². The highest BCUT2D eigenvalue weighted by Crippen LogP contribution is 2.55. The molecular weight excluding hydrogens is 634 g/mol. The summed E-state index contributed by atoms with van der Waals surface area (Å²) in [6, 6.07) is 10.5. The molecule has 50 heavy (non-hydrogen) atoms. The molecule has 2 aliphatic carbocycles. The first-order chi connectivity index (χ1) is 24.2. The molecule has 266 valence electrons. The Morgan fingerprint density at radius 2 is 1.72 bits per heavy atom. The number of carbonyl (C=O) groups is 4. The number of aryl methyl sites for hydroxylation is 1. The number of nitrogens with one attached hydrogen (secondary N) is 1. The molecule has 4 amide bonds. The van der Waals surface area contributed by atoms with Gasteiger partial charge >= 0.3 is 0 Å². The van der Waals surface area contributed by atoms with Crippen molar-refractivity contribution in [3.63, 3.8) is 0 Å². The Hall–Kier alpha value is -3.99. The van der Waals surface area contributed by atoms with Crippen LogP contribution < -0.4 is 21.3 Å². The van der Waals surface area contributed by atoms with E-state index in [9.17, 15) is 24.0 Å². The number of ether oxygens (including phenoxy) is 1. The monoisotopic (exact) mass is 683 g/mol. The lowest BCUT2D eigenvalue weighted by Crippen LogP contribution is -2.56. The fourth-order valence-electron chi connectivity index (χ4n) is 9.46. The number of nitrogens with zero attached hydrogens (tertiary/aromatic N) is 3. The molecule has 11 heteroatoms. The molecular formula is C39H49N5O6. The largest absolute Gasteiger partial charge is 0.494 e. The van der Waals surface area contributed by atoms with E-state index in [2.05, 4.69) is 16.3 Å². The first kappa shape index (κ1) is 33.2. The van der Waals surface area contributed by atoms with Gasteiger partial charge in [-0.1, -0.05) is 12.1 Å². The maximum atomic E-state index is 14.2. The second-order valence-electron chi connectivity index (χ2n) is 15.9.